The van der Waals surface area contributed by atoms with Crippen LogP contribution in [0.5, 0.6) is 0 Å². The predicted molar refractivity (Wildman–Crippen MR) is 73.0 cm³/mol. The maximum absolute atomic E-state index is 11.6. The van der Waals surface area contributed by atoms with Gasteiger partial charge in [0.25, 0.3) is 5.56 Å². The van der Waals surface area contributed by atoms with Crippen molar-refractivity contribution in [2.24, 2.45) is 5.73 Å². The molecule has 1 heterocycles. The van der Waals surface area contributed by atoms with Crippen LogP contribution in [0.15, 0.2) is 9.32 Å². The molecule has 0 unspecified atom stereocenters. The zero-order chi connectivity index (χ0) is 17.6. The topological polar surface area (TPSA) is 185 Å². The van der Waals surface area contributed by atoms with Crippen molar-refractivity contribution in [3.63, 3.8) is 0 Å². The second kappa shape index (κ2) is 7.56. The lowest BCUT2D eigenvalue weighted by atomic mass is 10.1. The summed E-state index contributed by atoms with van der Waals surface area (Å²) in [4.78, 5) is 49.0. The van der Waals surface area contributed by atoms with Crippen molar-refractivity contribution >= 4 is 17.9 Å². The number of H-pyrrole nitrogens is 1. The first-order chi connectivity index (χ1) is 10.7. The third kappa shape index (κ3) is 5.23. The average molecular weight is 331 g/mol. The van der Waals surface area contributed by atoms with Crippen molar-refractivity contribution in [1.29, 1.82) is 0 Å². The molecule has 0 saturated carbocycles. The van der Waals surface area contributed by atoms with Crippen molar-refractivity contribution in [2.45, 2.75) is 38.3 Å². The molecule has 6 N–H and O–H groups in total. The van der Waals surface area contributed by atoms with Crippen LogP contribution in [0, 0.1) is 6.92 Å². The first-order valence-corrected chi connectivity index (χ1v) is 6.53. The molecule has 1 atom stereocenters. The monoisotopic (exact) mass is 331 g/mol. The van der Waals surface area contributed by atoms with Gasteiger partial charge >= 0.3 is 17.9 Å². The van der Waals surface area contributed by atoms with Crippen LogP contribution in [0.3, 0.4) is 0 Å². The minimum atomic E-state index is -2.23. The standard InChI is InChI=1S/C12H17N3O8/c1-6-7(10(19)14-22-6)2-3-9(18)23-15-12(13,11(20)21)5-4-8(16)17/h15H,2-5,13H2,1H3,(H,14,19)(H,16,17)(H,20,21)/t12-/m0/s1. The molecule has 0 radical (unpaired) electrons. The summed E-state index contributed by atoms with van der Waals surface area (Å²) in [6.07, 6.45) is -1.23. The molecule has 11 nitrogen and oxygen atoms in total. The highest BCUT2D eigenvalue weighted by molar-refractivity contribution is 5.79. The average Bonchev–Trinajstić information content (AvgIpc) is 2.79. The van der Waals surface area contributed by atoms with Crippen molar-refractivity contribution < 1.29 is 34.0 Å². The van der Waals surface area contributed by atoms with Gasteiger partial charge in [-0.05, 0) is 13.3 Å². The number of aliphatic carboxylic acids is 2. The van der Waals surface area contributed by atoms with E-state index >= 15 is 0 Å². The molecule has 0 aromatic carbocycles. The van der Waals surface area contributed by atoms with Gasteiger partial charge in [-0.25, -0.2) is 4.79 Å². The van der Waals surface area contributed by atoms with Crippen LogP contribution in [-0.4, -0.2) is 38.9 Å². The number of hydrogen-bond donors (Lipinski definition) is 5. The Morgan fingerprint density at radius 3 is 2.48 bits per heavy atom. The number of nitrogens with one attached hydrogen (secondary N) is 2. The van der Waals surface area contributed by atoms with Crippen LogP contribution in [0.1, 0.15) is 30.6 Å². The van der Waals surface area contributed by atoms with E-state index in [2.05, 4.69) is 9.99 Å². The summed E-state index contributed by atoms with van der Waals surface area (Å²) in [5.74, 6) is -3.36. The van der Waals surface area contributed by atoms with Gasteiger partial charge in [-0.15, -0.1) is 5.48 Å². The van der Waals surface area contributed by atoms with Crippen molar-refractivity contribution in [1.82, 2.24) is 10.6 Å². The normalized spacial score (nSPS) is 13.3. The molecule has 0 bridgehead atoms. The third-order valence-electron chi connectivity index (χ3n) is 3.04. The molecular weight excluding hydrogens is 314 g/mol. The Morgan fingerprint density at radius 1 is 1.35 bits per heavy atom. The van der Waals surface area contributed by atoms with Gasteiger partial charge in [0.2, 0.25) is 0 Å². The maximum atomic E-state index is 11.6. The van der Waals surface area contributed by atoms with Crippen molar-refractivity contribution in [3.8, 4) is 0 Å². The molecule has 0 saturated heterocycles. The van der Waals surface area contributed by atoms with Gasteiger partial charge in [-0.3, -0.25) is 14.4 Å². The number of hydroxylamine groups is 1. The Bertz CT molecular complexity index is 649. The second-order valence-electron chi connectivity index (χ2n) is 4.81. The maximum Gasteiger partial charge on any atom is 0.341 e. The summed E-state index contributed by atoms with van der Waals surface area (Å²) in [7, 11) is 0. The molecule has 23 heavy (non-hydrogen) atoms. The van der Waals surface area contributed by atoms with Crippen LogP contribution >= 0.6 is 0 Å². The van der Waals surface area contributed by atoms with Gasteiger partial charge in [0.05, 0.1) is 12.0 Å². The summed E-state index contributed by atoms with van der Waals surface area (Å²) in [5.41, 5.74) is 4.90. The number of carboxylic acids is 2. The van der Waals surface area contributed by atoms with E-state index in [0.29, 0.717) is 5.76 Å². The van der Waals surface area contributed by atoms with Crippen LogP contribution in [-0.2, 0) is 25.6 Å². The number of carboxylic acid groups (broad SMARTS) is 2. The van der Waals surface area contributed by atoms with E-state index in [1.807, 2.05) is 5.48 Å². The smallest absolute Gasteiger partial charge is 0.341 e. The van der Waals surface area contributed by atoms with E-state index in [1.54, 1.807) is 0 Å². The Kier molecular flexibility index (Phi) is 6.04. The Labute approximate surface area is 129 Å². The first-order valence-electron chi connectivity index (χ1n) is 6.53. The van der Waals surface area contributed by atoms with E-state index in [0.717, 1.165) is 0 Å². The molecular formula is C12H17N3O8. The van der Waals surface area contributed by atoms with E-state index in [4.69, 9.17) is 20.5 Å². The summed E-state index contributed by atoms with van der Waals surface area (Å²) in [5, 5.41) is 19.6. The van der Waals surface area contributed by atoms with Crippen LogP contribution in [0.25, 0.3) is 0 Å². The van der Waals surface area contributed by atoms with Crippen LogP contribution < -0.4 is 16.8 Å². The fourth-order valence-electron chi connectivity index (χ4n) is 1.63. The Hall–Kier alpha value is -2.66. The Balaban J connectivity index is 2.54. The highest BCUT2D eigenvalue weighted by atomic mass is 16.7. The van der Waals surface area contributed by atoms with Gasteiger partial charge in [0.1, 0.15) is 5.76 Å². The summed E-state index contributed by atoms with van der Waals surface area (Å²) in [6, 6.07) is 0. The number of rotatable bonds is 9. The number of aromatic nitrogens is 1. The number of nitrogens with two attached hydrogens (primary N) is 1. The quantitative estimate of drug-likeness (QED) is 0.273. The Morgan fingerprint density at radius 2 is 2.00 bits per heavy atom. The van der Waals surface area contributed by atoms with Crippen molar-refractivity contribution in [2.75, 3.05) is 0 Å². The number of carbonyl (C=O) groups is 3. The van der Waals surface area contributed by atoms with Crippen LogP contribution in [0.2, 0.25) is 0 Å². The largest absolute Gasteiger partial charge is 0.481 e. The van der Waals surface area contributed by atoms with Crippen molar-refractivity contribution in [3.05, 3.63) is 21.7 Å². The third-order valence-corrected chi connectivity index (χ3v) is 3.04. The highest BCUT2D eigenvalue weighted by Gasteiger charge is 2.36. The first kappa shape index (κ1) is 18.4. The number of aromatic amines is 1. The molecule has 0 aliphatic heterocycles. The summed E-state index contributed by atoms with van der Waals surface area (Å²) >= 11 is 0. The molecule has 11 heteroatoms. The lowest BCUT2D eigenvalue weighted by molar-refractivity contribution is -0.165. The zero-order valence-corrected chi connectivity index (χ0v) is 12.2. The number of hydrogen-bond acceptors (Lipinski definition) is 8. The number of carbonyl (C=O) groups excluding carboxylic acids is 1. The lowest BCUT2D eigenvalue weighted by Gasteiger charge is -2.24. The molecule has 128 valence electrons. The molecule has 1 rings (SSSR count). The number of aryl methyl sites for hydroxylation is 1. The summed E-state index contributed by atoms with van der Waals surface area (Å²) < 4.78 is 4.77. The molecule has 1 aromatic heterocycles. The van der Waals surface area contributed by atoms with Crippen LogP contribution in [0.4, 0.5) is 0 Å². The molecule has 0 fully saturated rings. The molecule has 0 aliphatic carbocycles. The van der Waals surface area contributed by atoms with Gasteiger partial charge in [-0.1, -0.05) is 0 Å². The van der Waals surface area contributed by atoms with E-state index in [9.17, 15) is 19.2 Å². The van der Waals surface area contributed by atoms with Gasteiger partial charge in [0, 0.05) is 12.8 Å². The summed E-state index contributed by atoms with van der Waals surface area (Å²) in [6.45, 7) is 1.54. The predicted octanol–water partition coefficient (Wildman–Crippen LogP) is -1.14. The fraction of sp³-hybridized carbons (Fsp3) is 0.500. The fourth-order valence-corrected chi connectivity index (χ4v) is 1.63. The van der Waals surface area contributed by atoms with Gasteiger partial charge in [0.15, 0.2) is 5.66 Å². The highest BCUT2D eigenvalue weighted by Crippen LogP contribution is 2.08. The molecule has 0 spiro atoms. The van der Waals surface area contributed by atoms with Gasteiger partial charge in [-0.2, -0.15) is 5.16 Å². The molecule has 0 aliphatic rings. The zero-order valence-electron chi connectivity index (χ0n) is 12.2. The van der Waals surface area contributed by atoms with E-state index in [-0.39, 0.29) is 18.4 Å². The van der Waals surface area contributed by atoms with E-state index in [1.165, 1.54) is 6.92 Å². The molecule has 1 aromatic rings. The van der Waals surface area contributed by atoms with Gasteiger partial charge < -0.3 is 25.3 Å². The lowest BCUT2D eigenvalue weighted by Crippen LogP contribution is -2.60. The minimum absolute atomic E-state index is 0.0257. The van der Waals surface area contributed by atoms with E-state index < -0.39 is 42.0 Å². The SMILES string of the molecule is Cc1o[nH]c(=O)c1CCC(=O)ON[C@@](N)(CCC(=O)O)C(=O)O. The molecule has 0 amide bonds. The second-order valence-corrected chi connectivity index (χ2v) is 4.81. The minimum Gasteiger partial charge on any atom is -0.481 e.